The van der Waals surface area contributed by atoms with Crippen LogP contribution in [0, 0.1) is 13.8 Å². The smallest absolute Gasteiger partial charge is 0.261 e. The fourth-order valence-electron chi connectivity index (χ4n) is 3.85. The van der Waals surface area contributed by atoms with Gasteiger partial charge in [-0.05, 0) is 73.0 Å². The van der Waals surface area contributed by atoms with Crippen molar-refractivity contribution in [2.45, 2.75) is 24.5 Å². The number of rotatable bonds is 8. The van der Waals surface area contributed by atoms with Crippen molar-refractivity contribution < 1.29 is 26.4 Å². The molecule has 37 heavy (non-hydrogen) atoms. The number of ether oxygens (including phenoxy) is 1. The summed E-state index contributed by atoms with van der Waals surface area (Å²) in [6, 6.07) is 17.7. The number of nitrogens with one attached hydrogen (secondary N) is 2. The zero-order valence-electron chi connectivity index (χ0n) is 20.6. The highest BCUT2D eigenvalue weighted by Crippen LogP contribution is 2.22. The van der Waals surface area contributed by atoms with Crippen LogP contribution in [0.15, 0.2) is 71.6 Å². The Kier molecular flexibility index (Phi) is 7.98. The summed E-state index contributed by atoms with van der Waals surface area (Å²) >= 11 is 0. The largest absolute Gasteiger partial charge is 0.379 e. The third-order valence-electron chi connectivity index (χ3n) is 5.99. The number of carbonyl (C=O) groups is 1. The van der Waals surface area contributed by atoms with Gasteiger partial charge in [-0.1, -0.05) is 24.3 Å². The summed E-state index contributed by atoms with van der Waals surface area (Å²) in [6.45, 7) is 5.15. The second-order valence-corrected chi connectivity index (χ2v) is 12.5. The molecule has 1 aliphatic heterocycles. The van der Waals surface area contributed by atoms with Gasteiger partial charge in [0.2, 0.25) is 10.0 Å². The van der Waals surface area contributed by atoms with Gasteiger partial charge in [-0.15, -0.1) is 0 Å². The summed E-state index contributed by atoms with van der Waals surface area (Å²) in [5, 5.41) is 2.73. The lowest BCUT2D eigenvalue weighted by Crippen LogP contribution is -2.41. The standard InChI is InChI=1S/C26H29N3O6S2/c1-19-3-4-20(2)25(17-19)28-37(33,34)24-11-9-23(10-12-24)27-26(30)22-7-5-21(6-8-22)18-36(31,32)29-13-15-35-16-14-29/h3-12,17,28H,13-16,18H2,1-2H3,(H,27,30). The molecule has 11 heteroatoms. The van der Waals surface area contributed by atoms with Crippen molar-refractivity contribution in [1.29, 1.82) is 0 Å². The van der Waals surface area contributed by atoms with Crippen LogP contribution in [0.2, 0.25) is 0 Å². The highest BCUT2D eigenvalue weighted by Gasteiger charge is 2.24. The fourth-order valence-corrected chi connectivity index (χ4v) is 6.47. The van der Waals surface area contributed by atoms with Gasteiger partial charge in [-0.25, -0.2) is 16.8 Å². The van der Waals surface area contributed by atoms with Crippen molar-refractivity contribution in [3.8, 4) is 0 Å². The van der Waals surface area contributed by atoms with Crippen LogP contribution in [0.4, 0.5) is 11.4 Å². The van der Waals surface area contributed by atoms with Gasteiger partial charge in [0.15, 0.2) is 0 Å². The van der Waals surface area contributed by atoms with Crippen molar-refractivity contribution >= 4 is 37.3 Å². The lowest BCUT2D eigenvalue weighted by Gasteiger charge is -2.26. The van der Waals surface area contributed by atoms with Gasteiger partial charge in [-0.3, -0.25) is 9.52 Å². The van der Waals surface area contributed by atoms with Gasteiger partial charge < -0.3 is 10.1 Å². The molecule has 4 rings (SSSR count). The summed E-state index contributed by atoms with van der Waals surface area (Å²) in [5.41, 5.74) is 3.61. The number of anilines is 2. The van der Waals surface area contributed by atoms with Crippen LogP contribution in [0.5, 0.6) is 0 Å². The molecular weight excluding hydrogens is 514 g/mol. The Morgan fingerprint density at radius 3 is 2.19 bits per heavy atom. The Hall–Kier alpha value is -3.25. The molecule has 0 saturated carbocycles. The van der Waals surface area contributed by atoms with Gasteiger partial charge in [0.1, 0.15) is 0 Å². The van der Waals surface area contributed by atoms with E-state index in [2.05, 4.69) is 10.0 Å². The van der Waals surface area contributed by atoms with Crippen molar-refractivity contribution in [1.82, 2.24) is 4.31 Å². The van der Waals surface area contributed by atoms with Gasteiger partial charge in [0.25, 0.3) is 15.9 Å². The number of aryl methyl sites for hydroxylation is 2. The van der Waals surface area contributed by atoms with Crippen LogP contribution in [-0.2, 0) is 30.5 Å². The molecule has 1 heterocycles. The third kappa shape index (κ3) is 6.75. The first-order chi connectivity index (χ1) is 17.5. The van der Waals surface area contributed by atoms with Crippen molar-refractivity contribution in [3.05, 3.63) is 89.0 Å². The minimum atomic E-state index is -3.80. The number of hydrogen-bond acceptors (Lipinski definition) is 6. The quantitative estimate of drug-likeness (QED) is 0.448. The van der Waals surface area contributed by atoms with E-state index in [4.69, 9.17) is 4.74 Å². The molecule has 1 aliphatic rings. The molecule has 9 nitrogen and oxygen atoms in total. The maximum atomic E-state index is 12.8. The maximum absolute atomic E-state index is 12.8. The lowest BCUT2D eigenvalue weighted by atomic mass is 10.1. The van der Waals surface area contributed by atoms with E-state index < -0.39 is 26.0 Å². The number of morpholine rings is 1. The first-order valence-corrected chi connectivity index (χ1v) is 14.8. The highest BCUT2D eigenvalue weighted by atomic mass is 32.2. The van der Waals surface area contributed by atoms with E-state index in [1.165, 1.54) is 28.6 Å². The normalized spacial score (nSPS) is 14.8. The van der Waals surface area contributed by atoms with E-state index >= 15 is 0 Å². The van der Waals surface area contributed by atoms with Crippen LogP contribution in [0.25, 0.3) is 0 Å². The predicted molar refractivity (Wildman–Crippen MR) is 143 cm³/mol. The van der Waals surface area contributed by atoms with Crippen molar-refractivity contribution in [3.63, 3.8) is 0 Å². The molecule has 3 aromatic carbocycles. The van der Waals surface area contributed by atoms with E-state index in [0.29, 0.717) is 48.8 Å². The first kappa shape index (κ1) is 26.8. The maximum Gasteiger partial charge on any atom is 0.261 e. The molecule has 0 atom stereocenters. The van der Waals surface area contributed by atoms with Crippen LogP contribution in [0.1, 0.15) is 27.0 Å². The molecule has 0 unspecified atom stereocenters. The van der Waals surface area contributed by atoms with Crippen LogP contribution < -0.4 is 10.0 Å². The lowest BCUT2D eigenvalue weighted by molar-refractivity contribution is 0.0729. The molecule has 1 saturated heterocycles. The average molecular weight is 544 g/mol. The molecule has 196 valence electrons. The second kappa shape index (κ2) is 11.0. The van der Waals surface area contributed by atoms with Crippen LogP contribution in [0.3, 0.4) is 0 Å². The fraction of sp³-hybridized carbons (Fsp3) is 0.269. The monoisotopic (exact) mass is 543 g/mol. The molecule has 1 amide bonds. The van der Waals surface area contributed by atoms with Crippen molar-refractivity contribution in [2.75, 3.05) is 36.3 Å². The van der Waals surface area contributed by atoms with Gasteiger partial charge in [0.05, 0.1) is 29.5 Å². The average Bonchev–Trinajstić information content (AvgIpc) is 2.87. The van der Waals surface area contributed by atoms with E-state index in [1.54, 1.807) is 30.3 Å². The van der Waals surface area contributed by atoms with Gasteiger partial charge >= 0.3 is 0 Å². The zero-order valence-corrected chi connectivity index (χ0v) is 22.2. The van der Waals surface area contributed by atoms with E-state index in [1.807, 2.05) is 26.0 Å². The third-order valence-corrected chi connectivity index (χ3v) is 9.22. The summed E-state index contributed by atoms with van der Waals surface area (Å²) in [5.74, 6) is -0.548. The predicted octanol–water partition coefficient (Wildman–Crippen LogP) is 3.52. The number of sulfonamides is 2. The molecule has 0 bridgehead atoms. The van der Waals surface area contributed by atoms with Crippen LogP contribution >= 0.6 is 0 Å². The summed E-state index contributed by atoms with van der Waals surface area (Å²) in [7, 11) is -7.26. The molecule has 0 aliphatic carbocycles. The van der Waals surface area contributed by atoms with E-state index in [9.17, 15) is 21.6 Å². The van der Waals surface area contributed by atoms with E-state index in [0.717, 1.165) is 11.1 Å². The zero-order chi connectivity index (χ0) is 26.6. The number of benzene rings is 3. The minimum absolute atomic E-state index is 0.0669. The summed E-state index contributed by atoms with van der Waals surface area (Å²) < 4.78 is 60.0. The molecule has 0 aromatic heterocycles. The summed E-state index contributed by atoms with van der Waals surface area (Å²) in [6.07, 6.45) is 0. The summed E-state index contributed by atoms with van der Waals surface area (Å²) in [4.78, 5) is 12.7. The second-order valence-electron chi connectivity index (χ2n) is 8.87. The Morgan fingerprint density at radius 1 is 0.892 bits per heavy atom. The van der Waals surface area contributed by atoms with Gasteiger partial charge in [0, 0.05) is 24.3 Å². The topological polar surface area (TPSA) is 122 Å². The Morgan fingerprint density at radius 2 is 1.54 bits per heavy atom. The molecule has 2 N–H and O–H groups in total. The van der Waals surface area contributed by atoms with E-state index in [-0.39, 0.29) is 10.6 Å². The molecular formula is C26H29N3O6S2. The Balaban J connectivity index is 1.38. The minimum Gasteiger partial charge on any atom is -0.379 e. The first-order valence-electron chi connectivity index (χ1n) is 11.7. The molecule has 1 fully saturated rings. The van der Waals surface area contributed by atoms with Crippen molar-refractivity contribution in [2.24, 2.45) is 0 Å². The Labute approximate surface area is 217 Å². The number of carbonyl (C=O) groups excluding carboxylic acids is 1. The van der Waals surface area contributed by atoms with Crippen LogP contribution in [-0.4, -0.2) is 53.4 Å². The molecule has 0 spiro atoms. The number of amides is 1. The molecule has 3 aromatic rings. The SMILES string of the molecule is Cc1ccc(C)c(NS(=O)(=O)c2ccc(NC(=O)c3ccc(CS(=O)(=O)N4CCOCC4)cc3)cc2)c1. The molecule has 0 radical (unpaired) electrons. The highest BCUT2D eigenvalue weighted by molar-refractivity contribution is 7.92. The Bertz CT molecular complexity index is 1480. The number of hydrogen-bond donors (Lipinski definition) is 2. The van der Waals surface area contributed by atoms with Gasteiger partial charge in [-0.2, -0.15) is 4.31 Å². The number of nitrogens with zero attached hydrogens (tertiary/aromatic N) is 1.